The summed E-state index contributed by atoms with van der Waals surface area (Å²) in [7, 11) is 0. The molecule has 5 heteroatoms. The standard InChI is InChI=1S/C17H17ClN2O2/c18-15-8-4-5-13(11-15)12-19-20-17(22)10-9-16(21)14-6-2-1-3-7-14/h1-8,11-12,16,21H,9-10H2,(H,20,22)/b19-12+. The molecule has 0 spiro atoms. The van der Waals surface area contributed by atoms with Gasteiger partial charge in [0, 0.05) is 11.4 Å². The van der Waals surface area contributed by atoms with Gasteiger partial charge < -0.3 is 5.11 Å². The van der Waals surface area contributed by atoms with Gasteiger partial charge in [0.15, 0.2) is 0 Å². The molecule has 1 amide bonds. The van der Waals surface area contributed by atoms with E-state index in [1.54, 1.807) is 12.1 Å². The molecule has 0 aliphatic heterocycles. The van der Waals surface area contributed by atoms with E-state index >= 15 is 0 Å². The lowest BCUT2D eigenvalue weighted by molar-refractivity contribution is -0.121. The van der Waals surface area contributed by atoms with Gasteiger partial charge in [0.2, 0.25) is 5.91 Å². The zero-order valence-corrected chi connectivity index (χ0v) is 12.7. The minimum atomic E-state index is -0.649. The summed E-state index contributed by atoms with van der Waals surface area (Å²) >= 11 is 5.85. The Morgan fingerprint density at radius 3 is 2.73 bits per heavy atom. The first-order valence-electron chi connectivity index (χ1n) is 6.95. The second-order valence-electron chi connectivity index (χ2n) is 4.81. The fourth-order valence-corrected chi connectivity index (χ4v) is 2.13. The van der Waals surface area contributed by atoms with Gasteiger partial charge in [0.05, 0.1) is 12.3 Å². The average Bonchev–Trinajstić information content (AvgIpc) is 2.53. The number of rotatable bonds is 6. The van der Waals surface area contributed by atoms with Gasteiger partial charge in [-0.05, 0) is 29.7 Å². The summed E-state index contributed by atoms with van der Waals surface area (Å²) in [6.45, 7) is 0. The number of hydrogen-bond donors (Lipinski definition) is 2. The predicted molar refractivity (Wildman–Crippen MR) is 87.8 cm³/mol. The van der Waals surface area contributed by atoms with Gasteiger partial charge in [-0.2, -0.15) is 5.10 Å². The lowest BCUT2D eigenvalue weighted by atomic mass is 10.1. The Labute approximate surface area is 134 Å². The largest absolute Gasteiger partial charge is 0.388 e. The fraction of sp³-hybridized carbons (Fsp3) is 0.176. The molecule has 114 valence electrons. The van der Waals surface area contributed by atoms with E-state index in [0.717, 1.165) is 11.1 Å². The third kappa shape index (κ3) is 5.31. The van der Waals surface area contributed by atoms with Crippen LogP contribution in [-0.4, -0.2) is 17.2 Å². The summed E-state index contributed by atoms with van der Waals surface area (Å²) in [5.41, 5.74) is 4.04. The Kier molecular flexibility index (Phi) is 6.13. The monoisotopic (exact) mass is 316 g/mol. The molecular formula is C17H17ClN2O2. The summed E-state index contributed by atoms with van der Waals surface area (Å²) in [6.07, 6.45) is 1.42. The quantitative estimate of drug-likeness (QED) is 0.634. The van der Waals surface area contributed by atoms with Crippen molar-refractivity contribution in [2.24, 2.45) is 5.10 Å². The van der Waals surface area contributed by atoms with Crippen LogP contribution in [0, 0.1) is 0 Å². The molecule has 1 atom stereocenters. The van der Waals surface area contributed by atoms with E-state index in [9.17, 15) is 9.90 Å². The molecule has 0 radical (unpaired) electrons. The van der Waals surface area contributed by atoms with E-state index in [1.807, 2.05) is 42.5 Å². The number of benzene rings is 2. The topological polar surface area (TPSA) is 61.7 Å². The maximum absolute atomic E-state index is 11.7. The van der Waals surface area contributed by atoms with Gasteiger partial charge in [0.25, 0.3) is 0 Å². The van der Waals surface area contributed by atoms with E-state index in [2.05, 4.69) is 10.5 Å². The Hall–Kier alpha value is -2.17. The third-order valence-corrected chi connectivity index (χ3v) is 3.32. The van der Waals surface area contributed by atoms with Crippen molar-refractivity contribution in [1.29, 1.82) is 0 Å². The fourth-order valence-electron chi connectivity index (χ4n) is 1.93. The second-order valence-corrected chi connectivity index (χ2v) is 5.25. The van der Waals surface area contributed by atoms with Crippen LogP contribution in [-0.2, 0) is 4.79 Å². The van der Waals surface area contributed by atoms with Crippen LogP contribution in [0.4, 0.5) is 0 Å². The van der Waals surface area contributed by atoms with Crippen molar-refractivity contribution in [1.82, 2.24) is 5.43 Å². The third-order valence-electron chi connectivity index (χ3n) is 3.08. The van der Waals surface area contributed by atoms with Crippen LogP contribution in [0.25, 0.3) is 0 Å². The molecule has 0 saturated heterocycles. The smallest absolute Gasteiger partial charge is 0.240 e. The Morgan fingerprint density at radius 2 is 2.00 bits per heavy atom. The first-order chi connectivity index (χ1) is 10.6. The molecule has 2 aromatic carbocycles. The molecule has 0 saturated carbocycles. The molecule has 0 aliphatic carbocycles. The van der Waals surface area contributed by atoms with Crippen molar-refractivity contribution in [2.45, 2.75) is 18.9 Å². The van der Waals surface area contributed by atoms with Gasteiger partial charge >= 0.3 is 0 Å². The SMILES string of the molecule is O=C(CCC(O)c1ccccc1)N/N=C/c1cccc(Cl)c1. The van der Waals surface area contributed by atoms with Crippen molar-refractivity contribution < 1.29 is 9.90 Å². The van der Waals surface area contributed by atoms with Crippen LogP contribution in [0.2, 0.25) is 5.02 Å². The number of aliphatic hydroxyl groups excluding tert-OH is 1. The van der Waals surface area contributed by atoms with Crippen LogP contribution in [0.1, 0.15) is 30.1 Å². The molecule has 0 aliphatic rings. The summed E-state index contributed by atoms with van der Waals surface area (Å²) in [6, 6.07) is 16.4. The number of halogens is 1. The van der Waals surface area contributed by atoms with E-state index in [1.165, 1.54) is 6.21 Å². The number of carbonyl (C=O) groups excluding carboxylic acids is 1. The highest BCUT2D eigenvalue weighted by Crippen LogP contribution is 2.17. The number of hydrogen-bond acceptors (Lipinski definition) is 3. The lowest BCUT2D eigenvalue weighted by Crippen LogP contribution is -2.18. The van der Waals surface area contributed by atoms with Crippen molar-refractivity contribution in [3.8, 4) is 0 Å². The van der Waals surface area contributed by atoms with Crippen molar-refractivity contribution in [3.63, 3.8) is 0 Å². The summed E-state index contributed by atoms with van der Waals surface area (Å²) in [5.74, 6) is -0.242. The van der Waals surface area contributed by atoms with Crippen molar-refractivity contribution in [3.05, 3.63) is 70.7 Å². The second kappa shape index (κ2) is 8.32. The molecule has 4 nitrogen and oxygen atoms in total. The Balaban J connectivity index is 1.76. The van der Waals surface area contributed by atoms with E-state index in [0.29, 0.717) is 11.4 Å². The van der Waals surface area contributed by atoms with E-state index in [-0.39, 0.29) is 12.3 Å². The molecule has 2 rings (SSSR count). The molecule has 0 bridgehead atoms. The van der Waals surface area contributed by atoms with Crippen LogP contribution >= 0.6 is 11.6 Å². The Morgan fingerprint density at radius 1 is 1.23 bits per heavy atom. The Bertz CT molecular complexity index is 644. The number of nitrogens with one attached hydrogen (secondary N) is 1. The van der Waals surface area contributed by atoms with E-state index in [4.69, 9.17) is 11.6 Å². The minimum Gasteiger partial charge on any atom is -0.388 e. The van der Waals surface area contributed by atoms with Crippen molar-refractivity contribution >= 4 is 23.7 Å². The molecule has 0 aromatic heterocycles. The molecule has 22 heavy (non-hydrogen) atoms. The zero-order valence-electron chi connectivity index (χ0n) is 11.9. The van der Waals surface area contributed by atoms with Gasteiger partial charge in [0.1, 0.15) is 0 Å². The predicted octanol–water partition coefficient (Wildman–Crippen LogP) is 3.30. The maximum Gasteiger partial charge on any atom is 0.240 e. The highest BCUT2D eigenvalue weighted by atomic mass is 35.5. The number of hydrazone groups is 1. The van der Waals surface area contributed by atoms with Crippen LogP contribution in [0.5, 0.6) is 0 Å². The molecule has 1 unspecified atom stereocenters. The first kappa shape index (κ1) is 16.2. The summed E-state index contributed by atoms with van der Waals surface area (Å²) < 4.78 is 0. The minimum absolute atomic E-state index is 0.197. The van der Waals surface area contributed by atoms with Crippen LogP contribution < -0.4 is 5.43 Å². The molecule has 2 N–H and O–H groups in total. The molecular weight excluding hydrogens is 300 g/mol. The summed E-state index contributed by atoms with van der Waals surface area (Å²) in [4.78, 5) is 11.7. The number of aliphatic hydroxyl groups is 1. The average molecular weight is 317 g/mol. The van der Waals surface area contributed by atoms with Gasteiger partial charge in [-0.3, -0.25) is 4.79 Å². The van der Waals surface area contributed by atoms with Crippen molar-refractivity contribution in [2.75, 3.05) is 0 Å². The highest BCUT2D eigenvalue weighted by molar-refractivity contribution is 6.30. The molecule has 0 heterocycles. The number of carbonyl (C=O) groups is 1. The zero-order chi connectivity index (χ0) is 15.8. The maximum atomic E-state index is 11.7. The number of amides is 1. The van der Waals surface area contributed by atoms with Gasteiger partial charge in [-0.1, -0.05) is 54.1 Å². The van der Waals surface area contributed by atoms with Crippen LogP contribution in [0.3, 0.4) is 0 Å². The van der Waals surface area contributed by atoms with E-state index < -0.39 is 6.10 Å². The summed E-state index contributed by atoms with van der Waals surface area (Å²) in [5, 5.41) is 14.5. The highest BCUT2D eigenvalue weighted by Gasteiger charge is 2.09. The van der Waals surface area contributed by atoms with Crippen LogP contribution in [0.15, 0.2) is 59.7 Å². The molecule has 2 aromatic rings. The lowest BCUT2D eigenvalue weighted by Gasteiger charge is -2.09. The number of nitrogens with zero attached hydrogens (tertiary/aromatic N) is 1. The van der Waals surface area contributed by atoms with Gasteiger partial charge in [-0.15, -0.1) is 0 Å². The van der Waals surface area contributed by atoms with Gasteiger partial charge in [-0.25, -0.2) is 5.43 Å². The normalized spacial score (nSPS) is 12.3. The first-order valence-corrected chi connectivity index (χ1v) is 7.33. The molecule has 0 fully saturated rings.